The van der Waals surface area contributed by atoms with Gasteiger partial charge in [-0.2, -0.15) is 5.10 Å². The molecule has 1 N–H and O–H groups in total. The van der Waals surface area contributed by atoms with Crippen molar-refractivity contribution in [3.63, 3.8) is 0 Å². The van der Waals surface area contributed by atoms with Crippen LogP contribution in [0.2, 0.25) is 5.02 Å². The number of nitrogens with zero attached hydrogens (tertiary/aromatic N) is 3. The molecule has 1 atom stereocenters. The Kier molecular flexibility index (Phi) is 9.51. The van der Waals surface area contributed by atoms with Gasteiger partial charge in [0.2, 0.25) is 11.8 Å². The maximum Gasteiger partial charge on any atom is 0.240 e. The summed E-state index contributed by atoms with van der Waals surface area (Å²) < 4.78 is 26.6. The molecule has 0 bridgehead atoms. The van der Waals surface area contributed by atoms with E-state index >= 15 is 0 Å². The van der Waals surface area contributed by atoms with Crippen molar-refractivity contribution in [3.8, 4) is 28.4 Å². The van der Waals surface area contributed by atoms with E-state index in [1.54, 1.807) is 43.2 Å². The van der Waals surface area contributed by atoms with Crippen LogP contribution in [0.5, 0.6) is 11.5 Å². The van der Waals surface area contributed by atoms with Gasteiger partial charge in [-0.25, -0.2) is 9.07 Å². The molecule has 0 saturated carbocycles. The van der Waals surface area contributed by atoms with E-state index in [2.05, 4.69) is 5.32 Å². The minimum absolute atomic E-state index is 0.0823. The maximum absolute atomic E-state index is 14.1. The van der Waals surface area contributed by atoms with Gasteiger partial charge in [-0.3, -0.25) is 14.5 Å². The number of ether oxygens (including phenoxy) is 2. The highest BCUT2D eigenvalue weighted by Gasteiger charge is 2.39. The third-order valence-electron chi connectivity index (χ3n) is 7.91. The Balaban J connectivity index is 1.54. The average Bonchev–Trinajstić information content (AvgIpc) is 3.40. The summed E-state index contributed by atoms with van der Waals surface area (Å²) in [5, 5.41) is 8.15. The Bertz CT molecular complexity index is 1910. The summed E-state index contributed by atoms with van der Waals surface area (Å²) in [4.78, 5) is 29.1. The molecule has 11 heteroatoms. The summed E-state index contributed by atoms with van der Waals surface area (Å²) in [5.74, 6) is 0.823. The molecule has 1 aliphatic rings. The molecule has 0 fully saturated rings. The molecule has 4 aromatic carbocycles. The van der Waals surface area contributed by atoms with Gasteiger partial charge in [0.25, 0.3) is 0 Å². The summed E-state index contributed by atoms with van der Waals surface area (Å²) in [7, 11) is 3.20. The molecule has 2 heterocycles. The number of rotatable bonds is 9. The largest absolute Gasteiger partial charge is 0.497 e. The van der Waals surface area contributed by atoms with E-state index in [1.165, 1.54) is 28.8 Å². The van der Waals surface area contributed by atoms with Crippen molar-refractivity contribution in [3.05, 3.63) is 124 Å². The maximum atomic E-state index is 14.1. The van der Waals surface area contributed by atoms with E-state index in [4.69, 9.17) is 26.2 Å². The zero-order valence-corrected chi connectivity index (χ0v) is 27.6. The lowest BCUT2D eigenvalue weighted by molar-refractivity contribution is -0.123. The van der Waals surface area contributed by atoms with Gasteiger partial charge in [0.15, 0.2) is 0 Å². The molecule has 0 saturated heterocycles. The van der Waals surface area contributed by atoms with E-state index in [1.807, 2.05) is 61.5 Å². The molecule has 6 rings (SSSR count). The van der Waals surface area contributed by atoms with Crippen molar-refractivity contribution >= 4 is 41.0 Å². The van der Waals surface area contributed by atoms with Gasteiger partial charge in [-0.05, 0) is 67.1 Å². The molecule has 1 aliphatic heterocycles. The number of methoxy groups -OCH3 is 2. The van der Waals surface area contributed by atoms with Crippen molar-refractivity contribution in [2.45, 2.75) is 18.7 Å². The van der Waals surface area contributed by atoms with Crippen LogP contribution in [0, 0.1) is 12.7 Å². The summed E-state index contributed by atoms with van der Waals surface area (Å²) in [5.41, 5.74) is 5.48. The first-order valence-corrected chi connectivity index (χ1v) is 16.3. The molecule has 1 unspecified atom stereocenters. The third kappa shape index (κ3) is 6.84. The van der Waals surface area contributed by atoms with Crippen molar-refractivity contribution in [1.29, 1.82) is 0 Å². The monoisotopic (exact) mass is 670 g/mol. The van der Waals surface area contributed by atoms with Gasteiger partial charge < -0.3 is 14.8 Å². The fraction of sp³-hybridized carbons (Fsp3) is 0.194. The second-order valence-electron chi connectivity index (χ2n) is 11.0. The van der Waals surface area contributed by atoms with Crippen LogP contribution in [-0.4, -0.2) is 48.1 Å². The number of hydrogen-bond donors (Lipinski definition) is 1. The highest BCUT2D eigenvalue weighted by atomic mass is 35.5. The first kappa shape index (κ1) is 32.2. The fourth-order valence-corrected chi connectivity index (χ4v) is 6.84. The number of nitrogens with one attached hydrogen (secondary N) is 1. The van der Waals surface area contributed by atoms with Crippen LogP contribution in [0.25, 0.3) is 16.9 Å². The van der Waals surface area contributed by atoms with Gasteiger partial charge in [0.1, 0.15) is 29.7 Å². The zero-order chi connectivity index (χ0) is 33.1. The number of hydrogen-bond acceptors (Lipinski definition) is 6. The van der Waals surface area contributed by atoms with Crippen LogP contribution in [0.1, 0.15) is 27.5 Å². The minimum Gasteiger partial charge on any atom is -0.497 e. The van der Waals surface area contributed by atoms with E-state index in [0.29, 0.717) is 28.0 Å². The number of aryl methyl sites for hydroxylation is 1. The predicted molar refractivity (Wildman–Crippen MR) is 183 cm³/mol. The van der Waals surface area contributed by atoms with Crippen LogP contribution in [0.3, 0.4) is 0 Å². The van der Waals surface area contributed by atoms with Gasteiger partial charge in [-0.15, -0.1) is 11.8 Å². The number of benzene rings is 4. The Hall–Kier alpha value is -4.80. The number of thioether (sulfide) groups is 1. The van der Waals surface area contributed by atoms with Gasteiger partial charge in [0.05, 0.1) is 36.6 Å². The number of carbonyl (C=O) groups excluding carboxylic acids is 2. The SMILES string of the molecule is COc1ccc(OC)c(C2SCC(=O)N(CC(=O)NCc3ccc(F)cc3)c3c2c(-c2ccc(Cl)cc2)nn3-c2ccc(C)cc2)c1. The number of anilines is 1. The lowest BCUT2D eigenvalue weighted by atomic mass is 9.98. The zero-order valence-electron chi connectivity index (χ0n) is 26.0. The summed E-state index contributed by atoms with van der Waals surface area (Å²) >= 11 is 7.72. The van der Waals surface area contributed by atoms with Crippen molar-refractivity contribution < 1.29 is 23.5 Å². The van der Waals surface area contributed by atoms with Gasteiger partial charge in [-0.1, -0.05) is 53.6 Å². The Morgan fingerprint density at radius 2 is 1.72 bits per heavy atom. The normalized spacial score (nSPS) is 14.4. The van der Waals surface area contributed by atoms with Crippen LogP contribution in [0.4, 0.5) is 10.2 Å². The Labute approximate surface area is 281 Å². The minimum atomic E-state index is -0.434. The molecule has 0 spiro atoms. The first-order chi connectivity index (χ1) is 22.7. The molecule has 5 aromatic rings. The first-order valence-electron chi connectivity index (χ1n) is 14.9. The number of halogens is 2. The van der Waals surface area contributed by atoms with Crippen molar-refractivity contribution in [1.82, 2.24) is 15.1 Å². The third-order valence-corrected chi connectivity index (χ3v) is 9.40. The number of fused-ring (bicyclic) bond motifs is 1. The predicted octanol–water partition coefficient (Wildman–Crippen LogP) is 7.14. The molecule has 1 aromatic heterocycles. The number of carbonyl (C=O) groups is 2. The number of amides is 2. The molecular formula is C36H32ClFN4O4S. The van der Waals surface area contributed by atoms with Crippen molar-refractivity contribution in [2.24, 2.45) is 0 Å². The van der Waals surface area contributed by atoms with Gasteiger partial charge >= 0.3 is 0 Å². The fourth-order valence-electron chi connectivity index (χ4n) is 5.50. The molecule has 0 radical (unpaired) electrons. The van der Waals surface area contributed by atoms with Crippen LogP contribution >= 0.6 is 23.4 Å². The van der Waals surface area contributed by atoms with E-state index in [9.17, 15) is 14.0 Å². The van der Waals surface area contributed by atoms with E-state index in [-0.39, 0.29) is 36.5 Å². The Morgan fingerprint density at radius 1 is 1.00 bits per heavy atom. The van der Waals surface area contributed by atoms with E-state index in [0.717, 1.165) is 33.5 Å². The molecule has 8 nitrogen and oxygen atoms in total. The van der Waals surface area contributed by atoms with Crippen LogP contribution in [-0.2, 0) is 16.1 Å². The van der Waals surface area contributed by atoms with E-state index < -0.39 is 5.25 Å². The highest BCUT2D eigenvalue weighted by Crippen LogP contribution is 2.51. The number of aromatic nitrogens is 2. The van der Waals surface area contributed by atoms with Gasteiger partial charge in [0, 0.05) is 28.3 Å². The molecule has 240 valence electrons. The topological polar surface area (TPSA) is 85.7 Å². The summed E-state index contributed by atoms with van der Waals surface area (Å²) in [6.45, 7) is 1.92. The summed E-state index contributed by atoms with van der Waals surface area (Å²) in [6.07, 6.45) is 0. The average molecular weight is 671 g/mol. The lowest BCUT2D eigenvalue weighted by Crippen LogP contribution is -2.42. The molecule has 0 aliphatic carbocycles. The highest BCUT2D eigenvalue weighted by molar-refractivity contribution is 8.00. The smallest absolute Gasteiger partial charge is 0.240 e. The standard InChI is InChI=1S/C36H32ClFN4O4S/c1-22-4-14-27(15-5-22)42-36-33(34(40-42)24-8-10-25(37)11-9-24)35(29-18-28(45-2)16-17-30(29)46-3)47-21-32(44)41(36)20-31(43)39-19-23-6-12-26(38)13-7-23/h4-18,35H,19-21H2,1-3H3,(H,39,43). The Morgan fingerprint density at radius 3 is 2.40 bits per heavy atom. The van der Waals surface area contributed by atoms with Crippen LogP contribution < -0.4 is 19.7 Å². The van der Waals surface area contributed by atoms with Crippen molar-refractivity contribution in [2.75, 3.05) is 31.4 Å². The second-order valence-corrected chi connectivity index (χ2v) is 12.6. The lowest BCUT2D eigenvalue weighted by Gasteiger charge is -2.24. The summed E-state index contributed by atoms with van der Waals surface area (Å²) in [6, 6.07) is 26.7. The second kappa shape index (κ2) is 13.9. The quantitative estimate of drug-likeness (QED) is 0.179. The molecular weight excluding hydrogens is 639 g/mol. The van der Waals surface area contributed by atoms with Crippen LogP contribution in [0.15, 0.2) is 91.0 Å². The molecule has 2 amide bonds. The molecule has 47 heavy (non-hydrogen) atoms.